The SMILES string of the molecule is C=CCCCC(C)NC(=O)NCC1(CO)CCOCC1. The number of aliphatic hydroxyl groups excluding tert-OH is 1. The Morgan fingerprint density at radius 2 is 2.20 bits per heavy atom. The van der Waals surface area contributed by atoms with Crippen molar-refractivity contribution in [3.8, 4) is 0 Å². The van der Waals surface area contributed by atoms with Gasteiger partial charge in [0.1, 0.15) is 0 Å². The van der Waals surface area contributed by atoms with Crippen molar-refractivity contribution in [2.75, 3.05) is 26.4 Å². The maximum atomic E-state index is 11.8. The summed E-state index contributed by atoms with van der Waals surface area (Å²) in [5, 5.41) is 15.3. The van der Waals surface area contributed by atoms with Crippen molar-refractivity contribution in [1.82, 2.24) is 10.6 Å². The number of carbonyl (C=O) groups excluding carboxylic acids is 1. The number of aliphatic hydroxyl groups is 1. The quantitative estimate of drug-likeness (QED) is 0.470. The summed E-state index contributed by atoms with van der Waals surface area (Å²) in [6, 6.07) is -0.00913. The standard InChI is InChI=1S/C15H28N2O3/c1-3-4-5-6-13(2)17-14(19)16-11-15(12-18)7-9-20-10-8-15/h3,13,18H,1,4-12H2,2H3,(H2,16,17,19). The molecule has 1 fully saturated rings. The van der Waals surface area contributed by atoms with Gasteiger partial charge in [0.15, 0.2) is 0 Å². The number of hydrogen-bond acceptors (Lipinski definition) is 3. The molecule has 5 nitrogen and oxygen atoms in total. The molecule has 0 aliphatic carbocycles. The summed E-state index contributed by atoms with van der Waals surface area (Å²) in [6.45, 7) is 7.58. The molecule has 1 saturated heterocycles. The maximum absolute atomic E-state index is 11.8. The lowest BCUT2D eigenvalue weighted by atomic mass is 9.81. The summed E-state index contributed by atoms with van der Waals surface area (Å²) in [5.74, 6) is 0. The second-order valence-corrected chi connectivity index (χ2v) is 5.72. The molecule has 1 unspecified atom stereocenters. The number of amides is 2. The molecule has 2 amide bonds. The second kappa shape index (κ2) is 8.97. The van der Waals surface area contributed by atoms with Crippen LogP contribution in [0.5, 0.6) is 0 Å². The Hall–Kier alpha value is -1.07. The van der Waals surface area contributed by atoms with Crippen molar-refractivity contribution in [3.05, 3.63) is 12.7 Å². The maximum Gasteiger partial charge on any atom is 0.315 e. The molecule has 0 radical (unpaired) electrons. The van der Waals surface area contributed by atoms with Crippen LogP contribution in [0.1, 0.15) is 39.0 Å². The van der Waals surface area contributed by atoms with E-state index in [1.807, 2.05) is 13.0 Å². The third-order valence-electron chi connectivity index (χ3n) is 3.94. The Morgan fingerprint density at radius 3 is 2.80 bits per heavy atom. The van der Waals surface area contributed by atoms with Gasteiger partial charge in [-0.1, -0.05) is 6.08 Å². The van der Waals surface area contributed by atoms with Crippen molar-refractivity contribution in [2.45, 2.75) is 45.1 Å². The van der Waals surface area contributed by atoms with Gasteiger partial charge in [-0.2, -0.15) is 0 Å². The minimum atomic E-state index is -0.221. The zero-order valence-corrected chi connectivity index (χ0v) is 12.5. The topological polar surface area (TPSA) is 70.6 Å². The Kier molecular flexibility index (Phi) is 7.62. The van der Waals surface area contributed by atoms with E-state index in [0.29, 0.717) is 19.8 Å². The van der Waals surface area contributed by atoms with E-state index in [2.05, 4.69) is 17.2 Å². The first-order valence-electron chi connectivity index (χ1n) is 7.46. The number of urea groups is 1. The fourth-order valence-corrected chi connectivity index (χ4v) is 2.38. The van der Waals surface area contributed by atoms with Crippen molar-refractivity contribution in [3.63, 3.8) is 0 Å². The van der Waals surface area contributed by atoms with Gasteiger partial charge in [-0.3, -0.25) is 0 Å². The van der Waals surface area contributed by atoms with E-state index in [0.717, 1.165) is 32.1 Å². The Bertz CT molecular complexity index is 301. The fourth-order valence-electron chi connectivity index (χ4n) is 2.38. The first kappa shape index (κ1) is 17.0. The molecule has 5 heteroatoms. The molecule has 20 heavy (non-hydrogen) atoms. The lowest BCUT2D eigenvalue weighted by Gasteiger charge is -2.35. The average molecular weight is 284 g/mol. The smallest absolute Gasteiger partial charge is 0.315 e. The highest BCUT2D eigenvalue weighted by atomic mass is 16.5. The monoisotopic (exact) mass is 284 g/mol. The van der Waals surface area contributed by atoms with Crippen LogP contribution in [0.25, 0.3) is 0 Å². The van der Waals surface area contributed by atoms with E-state index in [1.54, 1.807) is 0 Å². The largest absolute Gasteiger partial charge is 0.396 e. The first-order chi connectivity index (χ1) is 9.62. The van der Waals surface area contributed by atoms with Crippen LogP contribution in [0.15, 0.2) is 12.7 Å². The van der Waals surface area contributed by atoms with Crippen molar-refractivity contribution in [1.29, 1.82) is 0 Å². The first-order valence-corrected chi connectivity index (χ1v) is 7.46. The van der Waals surface area contributed by atoms with Crippen LogP contribution in [0, 0.1) is 5.41 Å². The van der Waals surface area contributed by atoms with E-state index < -0.39 is 0 Å². The molecule has 116 valence electrons. The van der Waals surface area contributed by atoms with Crippen LogP contribution in [-0.4, -0.2) is 43.5 Å². The van der Waals surface area contributed by atoms with Crippen LogP contribution >= 0.6 is 0 Å². The van der Waals surface area contributed by atoms with Crippen molar-refractivity contribution < 1.29 is 14.6 Å². The molecule has 1 aliphatic rings. The summed E-state index contributed by atoms with van der Waals surface area (Å²) in [7, 11) is 0. The lowest BCUT2D eigenvalue weighted by Crippen LogP contribution is -2.48. The van der Waals surface area contributed by atoms with Gasteiger partial charge in [0, 0.05) is 31.2 Å². The predicted octanol–water partition coefficient (Wildman–Crippen LogP) is 1.82. The highest BCUT2D eigenvalue weighted by molar-refractivity contribution is 5.74. The fraction of sp³-hybridized carbons (Fsp3) is 0.800. The van der Waals surface area contributed by atoms with Crippen LogP contribution < -0.4 is 10.6 Å². The van der Waals surface area contributed by atoms with E-state index in [1.165, 1.54) is 0 Å². The summed E-state index contributed by atoms with van der Waals surface area (Å²) in [6.07, 6.45) is 6.42. The Balaban J connectivity index is 2.25. The second-order valence-electron chi connectivity index (χ2n) is 5.72. The minimum absolute atomic E-state index is 0.0888. The third kappa shape index (κ3) is 5.92. The van der Waals surface area contributed by atoms with Gasteiger partial charge >= 0.3 is 6.03 Å². The molecular weight excluding hydrogens is 256 g/mol. The van der Waals surface area contributed by atoms with Gasteiger partial charge in [0.2, 0.25) is 0 Å². The normalized spacial score (nSPS) is 19.1. The number of rotatable bonds is 8. The van der Waals surface area contributed by atoms with Crippen molar-refractivity contribution >= 4 is 6.03 Å². The Labute approximate surface area is 121 Å². The van der Waals surface area contributed by atoms with Crippen LogP contribution in [0.4, 0.5) is 4.79 Å². The molecule has 0 bridgehead atoms. The molecule has 1 heterocycles. The van der Waals surface area contributed by atoms with E-state index in [-0.39, 0.29) is 24.1 Å². The molecule has 0 aromatic carbocycles. The van der Waals surface area contributed by atoms with Gasteiger partial charge < -0.3 is 20.5 Å². The van der Waals surface area contributed by atoms with Gasteiger partial charge in [0.25, 0.3) is 0 Å². The van der Waals surface area contributed by atoms with Crippen LogP contribution in [0.3, 0.4) is 0 Å². The number of ether oxygens (including phenoxy) is 1. The van der Waals surface area contributed by atoms with Gasteiger partial charge in [0.05, 0.1) is 6.61 Å². The molecule has 0 aromatic heterocycles. The van der Waals surface area contributed by atoms with E-state index >= 15 is 0 Å². The summed E-state index contributed by atoms with van der Waals surface area (Å²) in [4.78, 5) is 11.8. The Morgan fingerprint density at radius 1 is 1.50 bits per heavy atom. The molecule has 3 N–H and O–H groups in total. The summed E-state index contributed by atoms with van der Waals surface area (Å²) in [5.41, 5.74) is -0.221. The van der Waals surface area contributed by atoms with Gasteiger partial charge in [-0.25, -0.2) is 4.79 Å². The number of nitrogens with one attached hydrogen (secondary N) is 2. The zero-order chi connectivity index (χ0) is 14.8. The average Bonchev–Trinajstić information content (AvgIpc) is 2.46. The number of carbonyl (C=O) groups is 1. The lowest BCUT2D eigenvalue weighted by molar-refractivity contribution is -0.0139. The van der Waals surface area contributed by atoms with E-state index in [4.69, 9.17) is 4.74 Å². The number of unbranched alkanes of at least 4 members (excludes halogenated alkanes) is 1. The molecule has 0 spiro atoms. The number of allylic oxidation sites excluding steroid dienone is 1. The summed E-state index contributed by atoms with van der Waals surface area (Å²) >= 11 is 0. The highest BCUT2D eigenvalue weighted by Crippen LogP contribution is 2.28. The minimum Gasteiger partial charge on any atom is -0.396 e. The molecule has 1 atom stereocenters. The van der Waals surface area contributed by atoms with Crippen LogP contribution in [-0.2, 0) is 4.74 Å². The van der Waals surface area contributed by atoms with E-state index in [9.17, 15) is 9.90 Å². The molecule has 0 aromatic rings. The van der Waals surface area contributed by atoms with Crippen molar-refractivity contribution in [2.24, 2.45) is 5.41 Å². The highest BCUT2D eigenvalue weighted by Gasteiger charge is 2.32. The zero-order valence-electron chi connectivity index (χ0n) is 12.5. The third-order valence-corrected chi connectivity index (χ3v) is 3.94. The molecule has 1 rings (SSSR count). The number of hydrogen-bond donors (Lipinski definition) is 3. The predicted molar refractivity (Wildman–Crippen MR) is 79.6 cm³/mol. The molecule has 0 saturated carbocycles. The summed E-state index contributed by atoms with van der Waals surface area (Å²) < 4.78 is 5.31. The molecule has 1 aliphatic heterocycles. The van der Waals surface area contributed by atoms with Gasteiger partial charge in [-0.05, 0) is 39.0 Å². The van der Waals surface area contributed by atoms with Crippen LogP contribution in [0.2, 0.25) is 0 Å². The van der Waals surface area contributed by atoms with Gasteiger partial charge in [-0.15, -0.1) is 6.58 Å². The molecular formula is C15H28N2O3.